The van der Waals surface area contributed by atoms with Crippen LogP contribution in [-0.2, 0) is 9.53 Å². The lowest BCUT2D eigenvalue weighted by Gasteiger charge is -2.20. The molecule has 0 aliphatic heterocycles. The lowest BCUT2D eigenvalue weighted by atomic mass is 9.88. The Kier molecular flexibility index (Phi) is 9.26. The molecule has 3 rings (SSSR count). The fraction of sp³-hybridized carbons (Fsp3) is 0.375. The molecule has 0 unspecified atom stereocenters. The Labute approximate surface area is 201 Å². The number of amides is 3. The number of hydrogen-bond donors (Lipinski definition) is 3. The lowest BCUT2D eigenvalue weighted by Crippen LogP contribution is -2.41. The molecule has 0 aromatic heterocycles. The van der Waals surface area contributed by atoms with Gasteiger partial charge in [0.05, 0.1) is 12.2 Å². The number of halogens is 1. The van der Waals surface area contributed by atoms with Crippen molar-refractivity contribution in [1.29, 1.82) is 0 Å². The Hall–Kier alpha value is -2.91. The largest absolute Gasteiger partial charge is 0.490 e. The first-order valence-electron chi connectivity index (χ1n) is 10.9. The van der Waals surface area contributed by atoms with Crippen LogP contribution in [0, 0.1) is 5.92 Å². The van der Waals surface area contributed by atoms with E-state index in [-0.39, 0.29) is 24.0 Å². The number of ether oxygens (including phenoxy) is 2. The number of rotatable bonds is 8. The Morgan fingerprint density at radius 1 is 0.939 bits per heavy atom. The van der Waals surface area contributed by atoms with Gasteiger partial charge < -0.3 is 14.8 Å². The summed E-state index contributed by atoms with van der Waals surface area (Å²) in [5, 5.41) is 2.91. The number of benzene rings is 2. The van der Waals surface area contributed by atoms with Crippen LogP contribution in [0.25, 0.3) is 0 Å². The maximum absolute atomic E-state index is 12.6. The van der Waals surface area contributed by atoms with Gasteiger partial charge >= 0.3 is 0 Å². The van der Waals surface area contributed by atoms with Gasteiger partial charge in [0.2, 0.25) is 5.91 Å². The summed E-state index contributed by atoms with van der Waals surface area (Å²) in [5.41, 5.74) is 6.05. The number of hydrazine groups is 1. The summed E-state index contributed by atoms with van der Waals surface area (Å²) in [4.78, 5) is 37.4. The van der Waals surface area contributed by atoms with Crippen molar-refractivity contribution in [3.8, 4) is 5.75 Å². The van der Waals surface area contributed by atoms with Crippen molar-refractivity contribution in [3.05, 3.63) is 58.1 Å². The molecule has 33 heavy (non-hydrogen) atoms. The van der Waals surface area contributed by atoms with Crippen LogP contribution in [0.5, 0.6) is 5.75 Å². The van der Waals surface area contributed by atoms with Crippen LogP contribution in [-0.4, -0.2) is 38.0 Å². The number of carbonyl (C=O) groups excluding carboxylic acids is 3. The van der Waals surface area contributed by atoms with Gasteiger partial charge in [0.15, 0.2) is 0 Å². The van der Waals surface area contributed by atoms with E-state index in [1.165, 1.54) is 6.42 Å². The Bertz CT molecular complexity index is 975. The molecule has 3 amide bonds. The monoisotopic (exact) mass is 517 g/mol. The number of methoxy groups -OCH3 is 1. The van der Waals surface area contributed by atoms with Gasteiger partial charge in [0, 0.05) is 28.8 Å². The first-order chi connectivity index (χ1) is 16.0. The third-order valence-electron chi connectivity index (χ3n) is 5.41. The minimum Gasteiger partial charge on any atom is -0.490 e. The SMILES string of the molecule is COCCOc1ccc(Br)cc1C(=O)NNC(=O)c1ccc(NC(=O)C2CCCCC2)cc1. The van der Waals surface area contributed by atoms with Crippen molar-refractivity contribution in [2.24, 2.45) is 5.92 Å². The predicted molar refractivity (Wildman–Crippen MR) is 128 cm³/mol. The van der Waals surface area contributed by atoms with Crippen LogP contribution >= 0.6 is 15.9 Å². The maximum Gasteiger partial charge on any atom is 0.273 e. The summed E-state index contributed by atoms with van der Waals surface area (Å²) in [7, 11) is 1.56. The van der Waals surface area contributed by atoms with Crippen molar-refractivity contribution >= 4 is 39.3 Å². The molecular formula is C24H28BrN3O5. The second-order valence-electron chi connectivity index (χ2n) is 7.79. The number of nitrogens with one attached hydrogen (secondary N) is 3. The molecule has 1 fully saturated rings. The molecular weight excluding hydrogens is 490 g/mol. The third-order valence-corrected chi connectivity index (χ3v) is 5.90. The minimum absolute atomic E-state index is 0.0247. The fourth-order valence-corrected chi connectivity index (χ4v) is 3.97. The zero-order valence-electron chi connectivity index (χ0n) is 18.5. The van der Waals surface area contributed by atoms with Crippen molar-refractivity contribution in [2.45, 2.75) is 32.1 Å². The van der Waals surface area contributed by atoms with Crippen molar-refractivity contribution in [1.82, 2.24) is 10.9 Å². The van der Waals surface area contributed by atoms with E-state index < -0.39 is 11.8 Å². The zero-order valence-corrected chi connectivity index (χ0v) is 20.1. The first-order valence-corrected chi connectivity index (χ1v) is 11.7. The van der Waals surface area contributed by atoms with E-state index in [4.69, 9.17) is 9.47 Å². The molecule has 0 spiro atoms. The van der Waals surface area contributed by atoms with Crippen LogP contribution in [0.15, 0.2) is 46.9 Å². The second kappa shape index (κ2) is 12.4. The standard InChI is InChI=1S/C24H28BrN3O5/c1-32-13-14-33-21-12-9-18(25)15-20(21)24(31)28-27-23(30)17-7-10-19(11-8-17)26-22(29)16-5-3-2-4-6-16/h7-12,15-16H,2-6,13-14H2,1H3,(H,26,29)(H,27,30)(H,28,31). The molecule has 0 heterocycles. The van der Waals surface area contributed by atoms with Crippen molar-refractivity contribution < 1.29 is 23.9 Å². The molecule has 9 heteroatoms. The van der Waals surface area contributed by atoms with Gasteiger partial charge in [0.25, 0.3) is 11.8 Å². The molecule has 0 radical (unpaired) electrons. The van der Waals surface area contributed by atoms with E-state index in [2.05, 4.69) is 32.1 Å². The number of anilines is 1. The molecule has 1 aliphatic rings. The molecule has 2 aromatic rings. The zero-order chi connectivity index (χ0) is 23.6. The average molecular weight is 518 g/mol. The van der Waals surface area contributed by atoms with Gasteiger partial charge in [-0.1, -0.05) is 35.2 Å². The predicted octanol–water partition coefficient (Wildman–Crippen LogP) is 4.07. The highest BCUT2D eigenvalue weighted by Crippen LogP contribution is 2.25. The first kappa shape index (κ1) is 24.7. The van der Waals surface area contributed by atoms with Crippen molar-refractivity contribution in [2.75, 3.05) is 25.6 Å². The van der Waals surface area contributed by atoms with Gasteiger partial charge in [0.1, 0.15) is 12.4 Å². The molecule has 176 valence electrons. The number of carbonyl (C=O) groups is 3. The quantitative estimate of drug-likeness (QED) is 0.361. The summed E-state index contributed by atoms with van der Waals surface area (Å²) >= 11 is 3.33. The maximum atomic E-state index is 12.6. The molecule has 2 aromatic carbocycles. The Balaban J connectivity index is 1.54. The van der Waals surface area contributed by atoms with Crippen molar-refractivity contribution in [3.63, 3.8) is 0 Å². The van der Waals surface area contributed by atoms with Gasteiger partial charge in [-0.3, -0.25) is 25.2 Å². The molecule has 3 N–H and O–H groups in total. The van der Waals surface area contributed by atoms with E-state index in [0.29, 0.717) is 28.1 Å². The molecule has 8 nitrogen and oxygen atoms in total. The highest BCUT2D eigenvalue weighted by Gasteiger charge is 2.21. The Morgan fingerprint density at radius 3 is 2.33 bits per heavy atom. The highest BCUT2D eigenvalue weighted by atomic mass is 79.9. The van der Waals surface area contributed by atoms with Gasteiger partial charge in [-0.2, -0.15) is 0 Å². The molecule has 0 atom stereocenters. The summed E-state index contributed by atoms with van der Waals surface area (Å²) in [6.45, 7) is 0.666. The van der Waals surface area contributed by atoms with Crippen LogP contribution in [0.2, 0.25) is 0 Å². The molecule has 0 bridgehead atoms. The normalized spacial score (nSPS) is 13.8. The lowest BCUT2D eigenvalue weighted by molar-refractivity contribution is -0.120. The summed E-state index contributed by atoms with van der Waals surface area (Å²) in [6.07, 6.45) is 5.20. The average Bonchev–Trinajstić information content (AvgIpc) is 2.84. The fourth-order valence-electron chi connectivity index (χ4n) is 3.61. The minimum atomic E-state index is -0.520. The molecule has 1 saturated carbocycles. The van der Waals surface area contributed by atoms with Crippen LogP contribution < -0.4 is 20.9 Å². The van der Waals surface area contributed by atoms with Gasteiger partial charge in [-0.25, -0.2) is 0 Å². The molecule has 1 aliphatic carbocycles. The Morgan fingerprint density at radius 2 is 1.64 bits per heavy atom. The summed E-state index contributed by atoms with van der Waals surface area (Å²) in [5.74, 6) is -0.547. The van der Waals surface area contributed by atoms with Crippen LogP contribution in [0.1, 0.15) is 52.8 Å². The van der Waals surface area contributed by atoms with E-state index in [1.54, 1.807) is 49.6 Å². The van der Waals surface area contributed by atoms with Crippen LogP contribution in [0.3, 0.4) is 0 Å². The van der Waals surface area contributed by atoms with E-state index in [9.17, 15) is 14.4 Å². The van der Waals surface area contributed by atoms with E-state index in [1.807, 2.05) is 0 Å². The summed E-state index contributed by atoms with van der Waals surface area (Å²) < 4.78 is 11.2. The third kappa shape index (κ3) is 7.30. The summed E-state index contributed by atoms with van der Waals surface area (Å²) in [6, 6.07) is 11.6. The smallest absolute Gasteiger partial charge is 0.273 e. The highest BCUT2D eigenvalue weighted by molar-refractivity contribution is 9.10. The molecule has 0 saturated heterocycles. The second-order valence-corrected chi connectivity index (χ2v) is 8.71. The topological polar surface area (TPSA) is 106 Å². The van der Waals surface area contributed by atoms with Crippen LogP contribution in [0.4, 0.5) is 5.69 Å². The van der Waals surface area contributed by atoms with E-state index >= 15 is 0 Å². The van der Waals surface area contributed by atoms with E-state index in [0.717, 1.165) is 25.7 Å². The number of hydrogen-bond acceptors (Lipinski definition) is 5. The van der Waals surface area contributed by atoms with Gasteiger partial charge in [-0.05, 0) is 55.3 Å². The van der Waals surface area contributed by atoms with Gasteiger partial charge in [-0.15, -0.1) is 0 Å².